The number of likely N-dealkylation sites (N-methyl/N-ethyl adjacent to an activating group) is 2. The topological polar surface area (TPSA) is 49.6 Å². The molecule has 0 aromatic carbocycles. The monoisotopic (exact) mass is 278 g/mol. The van der Waals surface area contributed by atoms with E-state index in [1.165, 1.54) is 0 Å². The molecule has 3 heterocycles. The molecule has 19 heavy (non-hydrogen) atoms. The third-order valence-electron chi connectivity index (χ3n) is 3.71. The third-order valence-corrected chi connectivity index (χ3v) is 4.35. The molecule has 1 aliphatic rings. The molecular weight excluding hydrogens is 260 g/mol. The Morgan fingerprint density at radius 3 is 2.95 bits per heavy atom. The van der Waals surface area contributed by atoms with E-state index in [1.807, 2.05) is 16.9 Å². The number of nitrogens with zero attached hydrogens (tertiary/aromatic N) is 6. The van der Waals surface area contributed by atoms with Gasteiger partial charge in [-0.15, -0.1) is 10.2 Å². The van der Waals surface area contributed by atoms with E-state index in [2.05, 4.69) is 39.1 Å². The van der Waals surface area contributed by atoms with Gasteiger partial charge in [0.1, 0.15) is 0 Å². The first kappa shape index (κ1) is 12.7. The Morgan fingerprint density at radius 2 is 2.26 bits per heavy atom. The van der Waals surface area contributed by atoms with Crippen molar-refractivity contribution in [1.29, 1.82) is 0 Å². The molecule has 7 heteroatoms. The average Bonchev–Trinajstić information content (AvgIpc) is 3.05. The highest BCUT2D eigenvalue weighted by molar-refractivity contribution is 7.98. The molecule has 2 aromatic heterocycles. The number of likely N-dealkylation sites (tertiary alicyclic amines) is 1. The Balaban J connectivity index is 1.98. The Kier molecular flexibility index (Phi) is 3.32. The first-order chi connectivity index (χ1) is 9.20. The van der Waals surface area contributed by atoms with E-state index in [9.17, 15) is 0 Å². The summed E-state index contributed by atoms with van der Waals surface area (Å²) >= 11 is 1.58. The number of thioether (sulfide) groups is 1. The Hall–Kier alpha value is -1.34. The molecule has 3 rings (SSSR count). The lowest BCUT2D eigenvalue weighted by Gasteiger charge is -2.25. The second kappa shape index (κ2) is 4.97. The van der Waals surface area contributed by atoms with Crippen molar-refractivity contribution in [1.82, 2.24) is 24.5 Å². The average molecular weight is 278 g/mol. The lowest BCUT2D eigenvalue weighted by molar-refractivity contribution is 0.409. The first-order valence-electron chi connectivity index (χ1n) is 6.36. The molecule has 0 unspecified atom stereocenters. The smallest absolute Gasteiger partial charge is 0.195 e. The molecule has 1 saturated heterocycles. The van der Waals surface area contributed by atoms with Crippen molar-refractivity contribution in [2.45, 2.75) is 17.6 Å². The summed E-state index contributed by atoms with van der Waals surface area (Å²) in [5.74, 6) is 0.864. The van der Waals surface area contributed by atoms with Crippen LogP contribution in [0.1, 0.15) is 6.42 Å². The summed E-state index contributed by atoms with van der Waals surface area (Å²) in [5, 5.41) is 9.53. The van der Waals surface area contributed by atoms with Gasteiger partial charge in [-0.05, 0) is 26.3 Å². The fraction of sp³-hybridized carbons (Fsp3) is 0.583. The molecule has 102 valence electrons. The standard InChI is InChI=1S/C12H18N6S/c1-16-6-4-9(8-16)17(2)11-10-13-5-7-18(10)12(19-3)15-14-11/h5,7,9H,4,6,8H2,1-3H3/t9-/m1/s1. The van der Waals surface area contributed by atoms with Crippen molar-refractivity contribution >= 4 is 23.2 Å². The van der Waals surface area contributed by atoms with Crippen LogP contribution in [0.15, 0.2) is 17.6 Å². The Morgan fingerprint density at radius 1 is 1.42 bits per heavy atom. The van der Waals surface area contributed by atoms with Crippen LogP contribution in [0.25, 0.3) is 5.65 Å². The zero-order valence-corrected chi connectivity index (χ0v) is 12.3. The minimum Gasteiger partial charge on any atom is -0.351 e. The van der Waals surface area contributed by atoms with Crippen LogP contribution in [0, 0.1) is 0 Å². The van der Waals surface area contributed by atoms with Gasteiger partial charge in [-0.1, -0.05) is 11.8 Å². The number of hydrogen-bond acceptors (Lipinski definition) is 6. The third kappa shape index (κ3) is 2.17. The molecular formula is C12H18N6S. The second-order valence-corrected chi connectivity index (χ2v) is 5.72. The summed E-state index contributed by atoms with van der Waals surface area (Å²) in [7, 11) is 4.24. The molecule has 1 aliphatic heterocycles. The summed E-state index contributed by atoms with van der Waals surface area (Å²) < 4.78 is 2.00. The quantitative estimate of drug-likeness (QED) is 0.780. The van der Waals surface area contributed by atoms with Crippen molar-refractivity contribution in [3.63, 3.8) is 0 Å². The number of hydrogen-bond donors (Lipinski definition) is 0. The van der Waals surface area contributed by atoms with E-state index in [-0.39, 0.29) is 0 Å². The predicted molar refractivity (Wildman–Crippen MR) is 76.9 cm³/mol. The SMILES string of the molecule is CSc1nnc(N(C)[C@@H]2CCN(C)C2)c2nccn12. The minimum atomic E-state index is 0.486. The van der Waals surface area contributed by atoms with Crippen LogP contribution in [-0.2, 0) is 0 Å². The van der Waals surface area contributed by atoms with Gasteiger partial charge in [-0.25, -0.2) is 4.98 Å². The van der Waals surface area contributed by atoms with Crippen LogP contribution < -0.4 is 4.90 Å². The maximum Gasteiger partial charge on any atom is 0.195 e. The van der Waals surface area contributed by atoms with Crippen molar-refractivity contribution in [3.05, 3.63) is 12.4 Å². The summed E-state index contributed by atoms with van der Waals surface area (Å²) in [5.41, 5.74) is 0.886. The number of anilines is 1. The molecule has 0 N–H and O–H groups in total. The summed E-state index contributed by atoms with van der Waals surface area (Å²) in [6.07, 6.45) is 6.90. The first-order valence-corrected chi connectivity index (χ1v) is 7.58. The molecule has 6 nitrogen and oxygen atoms in total. The van der Waals surface area contributed by atoms with Crippen molar-refractivity contribution < 1.29 is 0 Å². The Labute approximate surface area is 116 Å². The molecule has 0 bridgehead atoms. The van der Waals surface area contributed by atoms with E-state index in [0.717, 1.165) is 36.1 Å². The van der Waals surface area contributed by atoms with Gasteiger partial charge in [0.2, 0.25) is 0 Å². The highest BCUT2D eigenvalue weighted by Crippen LogP contribution is 2.24. The van der Waals surface area contributed by atoms with E-state index < -0.39 is 0 Å². The fourth-order valence-corrected chi connectivity index (χ4v) is 3.04. The maximum absolute atomic E-state index is 4.43. The zero-order chi connectivity index (χ0) is 13.4. The minimum absolute atomic E-state index is 0.486. The summed E-state index contributed by atoms with van der Waals surface area (Å²) in [4.78, 5) is 8.98. The van der Waals surface area contributed by atoms with Gasteiger partial charge in [-0.2, -0.15) is 0 Å². The van der Waals surface area contributed by atoms with E-state index in [4.69, 9.17) is 0 Å². The molecule has 0 aliphatic carbocycles. The van der Waals surface area contributed by atoms with Gasteiger partial charge in [-0.3, -0.25) is 4.40 Å². The van der Waals surface area contributed by atoms with Crippen molar-refractivity contribution in [3.8, 4) is 0 Å². The van der Waals surface area contributed by atoms with Crippen molar-refractivity contribution in [2.24, 2.45) is 0 Å². The van der Waals surface area contributed by atoms with Gasteiger partial charge in [0.15, 0.2) is 16.6 Å². The largest absolute Gasteiger partial charge is 0.351 e. The predicted octanol–water partition coefficient (Wildman–Crippen LogP) is 0.986. The molecule has 1 fully saturated rings. The van der Waals surface area contributed by atoms with Gasteiger partial charge in [0, 0.05) is 32.0 Å². The molecule has 1 atom stereocenters. The van der Waals surface area contributed by atoms with Gasteiger partial charge in [0.05, 0.1) is 0 Å². The van der Waals surface area contributed by atoms with E-state index in [0.29, 0.717) is 6.04 Å². The summed E-state index contributed by atoms with van der Waals surface area (Å²) in [6.45, 7) is 2.20. The maximum atomic E-state index is 4.43. The van der Waals surface area contributed by atoms with Crippen LogP contribution in [-0.4, -0.2) is 64.0 Å². The van der Waals surface area contributed by atoms with Crippen molar-refractivity contribution in [2.75, 3.05) is 38.3 Å². The molecule has 2 aromatic rings. The molecule has 0 saturated carbocycles. The normalized spacial score (nSPS) is 20.3. The molecule has 0 spiro atoms. The van der Waals surface area contributed by atoms with Crippen LogP contribution in [0.3, 0.4) is 0 Å². The van der Waals surface area contributed by atoms with Crippen LogP contribution in [0.5, 0.6) is 0 Å². The van der Waals surface area contributed by atoms with E-state index in [1.54, 1.807) is 18.0 Å². The number of rotatable bonds is 3. The van der Waals surface area contributed by atoms with Gasteiger partial charge < -0.3 is 9.80 Å². The zero-order valence-electron chi connectivity index (χ0n) is 11.4. The number of aromatic nitrogens is 4. The van der Waals surface area contributed by atoms with E-state index >= 15 is 0 Å². The summed E-state index contributed by atoms with van der Waals surface area (Å²) in [6, 6.07) is 0.486. The lowest BCUT2D eigenvalue weighted by Crippen LogP contribution is -2.35. The van der Waals surface area contributed by atoms with Gasteiger partial charge >= 0.3 is 0 Å². The van der Waals surface area contributed by atoms with Gasteiger partial charge in [0.25, 0.3) is 0 Å². The Bertz CT molecular complexity index is 583. The van der Waals surface area contributed by atoms with Crippen LogP contribution >= 0.6 is 11.8 Å². The fourth-order valence-electron chi connectivity index (χ4n) is 2.57. The van der Waals surface area contributed by atoms with Crippen LogP contribution in [0.4, 0.5) is 5.82 Å². The number of fused-ring (bicyclic) bond motifs is 1. The molecule has 0 radical (unpaired) electrons. The highest BCUT2D eigenvalue weighted by Gasteiger charge is 2.26. The second-order valence-electron chi connectivity index (χ2n) is 4.95. The van der Waals surface area contributed by atoms with Crippen LogP contribution in [0.2, 0.25) is 0 Å². The molecule has 0 amide bonds. The lowest BCUT2D eigenvalue weighted by atomic mass is 10.2. The number of imidazole rings is 1. The highest BCUT2D eigenvalue weighted by atomic mass is 32.2.